The van der Waals surface area contributed by atoms with Gasteiger partial charge in [-0.1, -0.05) is 12.1 Å². The molecule has 362 valence electrons. The van der Waals surface area contributed by atoms with E-state index < -0.39 is 51.7 Å². The van der Waals surface area contributed by atoms with Crippen molar-refractivity contribution in [3.05, 3.63) is 90.7 Å². The van der Waals surface area contributed by atoms with Crippen molar-refractivity contribution in [2.45, 2.75) is 49.6 Å². The molecule has 1 saturated carbocycles. The van der Waals surface area contributed by atoms with Gasteiger partial charge in [-0.2, -0.15) is 8.75 Å². The van der Waals surface area contributed by atoms with Crippen LogP contribution in [0.5, 0.6) is 0 Å². The van der Waals surface area contributed by atoms with Gasteiger partial charge in [0, 0.05) is 86.5 Å². The lowest BCUT2D eigenvalue weighted by Gasteiger charge is -2.41. The van der Waals surface area contributed by atoms with E-state index in [0.29, 0.717) is 70.3 Å². The van der Waals surface area contributed by atoms with Gasteiger partial charge in [0.2, 0.25) is 0 Å². The highest BCUT2D eigenvalue weighted by atomic mass is 32.2. The van der Waals surface area contributed by atoms with Crippen molar-refractivity contribution >= 4 is 91.1 Å². The van der Waals surface area contributed by atoms with E-state index in [0.717, 1.165) is 74.8 Å². The first-order valence-electron chi connectivity index (χ1n) is 20.1. The number of carbonyl (C=O) groups is 6. The summed E-state index contributed by atoms with van der Waals surface area (Å²) >= 11 is 0.935. The van der Waals surface area contributed by atoms with Gasteiger partial charge in [0.05, 0.1) is 22.8 Å². The highest BCUT2D eigenvalue weighted by Crippen LogP contribution is 2.40. The number of fused-ring (bicyclic) bond motifs is 2. The molecule has 4 heterocycles. The van der Waals surface area contributed by atoms with Crippen LogP contribution in [0.1, 0.15) is 37.3 Å². The maximum atomic E-state index is 15.6. The highest BCUT2D eigenvalue weighted by molar-refractivity contribution is 7.93. The van der Waals surface area contributed by atoms with Crippen LogP contribution in [-0.2, 0) is 38.8 Å². The quantitative estimate of drug-likeness (QED) is 0.0824. The largest absolute Gasteiger partial charge is 0.478 e. The monoisotopic (exact) mass is 983 g/mol. The zero-order valence-electron chi connectivity index (χ0n) is 36.2. The molecule has 0 atom stereocenters. The molecule has 26 heteroatoms. The van der Waals surface area contributed by atoms with E-state index in [-0.39, 0.29) is 22.1 Å². The van der Waals surface area contributed by atoms with Crippen molar-refractivity contribution in [2.24, 2.45) is 0 Å². The van der Waals surface area contributed by atoms with Gasteiger partial charge in [-0.05, 0) is 69.0 Å². The number of nitrogen functional groups attached to an aromatic ring is 1. The standard InChI is InChI=1S/C30H34FN9O2S2.3C4H4O4/c1-18-3-10-25(28-27(18)35-43-36-28)44(41,42)37-24-9-4-19(15-23(24)31)22-16-40(30-26(22)29(32)33-17-34-30)21-7-5-20(6-8-21)39-13-11-38(2)12-14-39;3*5-3(6)1-2-4(7)8/h3-4,9-10,15-17,20-21,37H,5-8,11-14H2,1-2H3,(H2,32,33,34);3*1-2H,(H,5,6)(H,7,8)/b;3*2-1-. The zero-order chi connectivity index (χ0) is 50.3. The van der Waals surface area contributed by atoms with Crippen LogP contribution in [0.25, 0.3) is 33.2 Å². The molecule has 2 aliphatic rings. The fourth-order valence-corrected chi connectivity index (χ4v) is 8.96. The second-order valence-corrected chi connectivity index (χ2v) is 17.1. The molecule has 0 amide bonds. The highest BCUT2D eigenvalue weighted by Gasteiger charge is 2.30. The summed E-state index contributed by atoms with van der Waals surface area (Å²) in [6.45, 7) is 6.28. The van der Waals surface area contributed by atoms with Gasteiger partial charge in [-0.25, -0.2) is 51.5 Å². The molecule has 2 aromatic carbocycles. The molecule has 0 unspecified atom stereocenters. The van der Waals surface area contributed by atoms with Gasteiger partial charge in [-0.15, -0.1) is 0 Å². The van der Waals surface area contributed by atoms with E-state index in [1.807, 2.05) is 13.1 Å². The lowest BCUT2D eigenvalue weighted by molar-refractivity contribution is -0.134. The Hall–Kier alpha value is -7.68. The summed E-state index contributed by atoms with van der Waals surface area (Å²) in [5.74, 6) is -7.94. The Morgan fingerprint density at radius 2 is 1.24 bits per heavy atom. The molecule has 23 nitrogen and oxygen atoms in total. The molecular weight excluding hydrogens is 938 g/mol. The van der Waals surface area contributed by atoms with Crippen molar-refractivity contribution in [3.63, 3.8) is 0 Å². The van der Waals surface area contributed by atoms with Gasteiger partial charge >= 0.3 is 35.8 Å². The minimum atomic E-state index is -4.13. The summed E-state index contributed by atoms with van der Waals surface area (Å²) < 4.78 is 55.1. The van der Waals surface area contributed by atoms with Crippen LogP contribution in [0.4, 0.5) is 15.9 Å². The minimum Gasteiger partial charge on any atom is -0.478 e. The number of carboxylic acid groups (broad SMARTS) is 6. The first-order chi connectivity index (χ1) is 32.1. The lowest BCUT2D eigenvalue weighted by atomic mass is 9.89. The Bertz CT molecular complexity index is 2740. The molecule has 9 N–H and O–H groups in total. The van der Waals surface area contributed by atoms with Gasteiger partial charge in [0.25, 0.3) is 10.0 Å². The first kappa shape index (κ1) is 52.9. The molecule has 1 aliphatic heterocycles. The molecular formula is C42H46FN9O14S2. The number of nitrogens with one attached hydrogen (secondary N) is 1. The number of benzene rings is 2. The molecule has 68 heavy (non-hydrogen) atoms. The maximum absolute atomic E-state index is 15.6. The smallest absolute Gasteiger partial charge is 0.328 e. The average Bonchev–Trinajstić information content (AvgIpc) is 3.94. The molecule has 1 aliphatic carbocycles. The number of halogens is 1. The van der Waals surface area contributed by atoms with E-state index in [4.69, 9.17) is 36.4 Å². The van der Waals surface area contributed by atoms with Crippen LogP contribution in [0.3, 0.4) is 0 Å². The summed E-state index contributed by atoms with van der Waals surface area (Å²) in [6.07, 6.45) is 11.1. The maximum Gasteiger partial charge on any atom is 0.328 e. The fraction of sp³-hybridized carbons (Fsp3) is 0.286. The SMILES string of the molecule is Cc1ccc(S(=O)(=O)Nc2ccc(-c3cn(C4CCC(N5CCN(C)CC5)CC4)c4ncnc(N)c34)cc2F)c2nsnc12.O=C(O)/C=C\C(=O)O.O=C(O)/C=C\C(=O)O.O=C(O)/C=C\C(=O)O. The zero-order valence-corrected chi connectivity index (χ0v) is 37.8. The van der Waals surface area contributed by atoms with Crippen molar-refractivity contribution in [2.75, 3.05) is 43.7 Å². The molecule has 1 saturated heterocycles. The van der Waals surface area contributed by atoms with E-state index in [1.54, 1.807) is 12.1 Å². The number of hydrogen-bond acceptors (Lipinski definition) is 16. The predicted molar refractivity (Wildman–Crippen MR) is 244 cm³/mol. The third kappa shape index (κ3) is 15.2. The summed E-state index contributed by atoms with van der Waals surface area (Å²) in [4.78, 5) is 71.1. The fourth-order valence-electron chi connectivity index (χ4n) is 7.07. The van der Waals surface area contributed by atoms with E-state index in [2.05, 4.69) is 44.9 Å². The second-order valence-electron chi connectivity index (χ2n) is 14.9. The Kier molecular flexibility index (Phi) is 18.8. The van der Waals surface area contributed by atoms with E-state index in [9.17, 15) is 37.2 Å². The Balaban J connectivity index is 0.000000346. The molecule has 7 rings (SSSR count). The minimum absolute atomic E-state index is 0.0503. The van der Waals surface area contributed by atoms with Gasteiger partial charge in [0.1, 0.15) is 39.5 Å². The molecule has 3 aromatic heterocycles. The number of nitrogens with two attached hydrogens (primary N) is 1. The summed E-state index contributed by atoms with van der Waals surface area (Å²) in [5, 5.41) is 47.5. The van der Waals surface area contributed by atoms with Crippen molar-refractivity contribution in [3.8, 4) is 11.1 Å². The Morgan fingerprint density at radius 3 is 1.74 bits per heavy atom. The van der Waals surface area contributed by atoms with Crippen LogP contribution < -0.4 is 10.5 Å². The van der Waals surface area contributed by atoms with Crippen molar-refractivity contribution < 1.29 is 72.2 Å². The Labute approximate surface area is 390 Å². The van der Waals surface area contributed by atoms with Crippen LogP contribution in [0.2, 0.25) is 0 Å². The number of aliphatic carboxylic acids is 6. The second kappa shape index (κ2) is 24.2. The summed E-state index contributed by atoms with van der Waals surface area (Å²) in [5.41, 5.74) is 9.78. The van der Waals surface area contributed by atoms with Gasteiger partial charge < -0.3 is 45.8 Å². The first-order valence-corrected chi connectivity index (χ1v) is 22.3. The number of piperazine rings is 1. The van der Waals surface area contributed by atoms with Crippen LogP contribution in [0, 0.1) is 12.7 Å². The van der Waals surface area contributed by atoms with Crippen LogP contribution >= 0.6 is 11.7 Å². The Morgan fingerprint density at radius 1 is 0.735 bits per heavy atom. The molecule has 0 radical (unpaired) electrons. The van der Waals surface area contributed by atoms with E-state index >= 15 is 4.39 Å². The third-order valence-corrected chi connectivity index (χ3v) is 12.2. The summed E-state index contributed by atoms with van der Waals surface area (Å²) in [6, 6.07) is 8.40. The number of hydrogen-bond donors (Lipinski definition) is 8. The van der Waals surface area contributed by atoms with Crippen molar-refractivity contribution in [1.29, 1.82) is 0 Å². The molecule has 0 spiro atoms. The van der Waals surface area contributed by atoms with Crippen LogP contribution in [0.15, 0.2) is 84.2 Å². The number of sulfonamides is 1. The molecule has 5 aromatic rings. The number of nitrogens with zero attached hydrogens (tertiary/aromatic N) is 7. The van der Waals surface area contributed by atoms with Crippen molar-refractivity contribution in [1.82, 2.24) is 33.1 Å². The number of aryl methyl sites for hydroxylation is 1. The number of aromatic nitrogens is 5. The predicted octanol–water partition coefficient (Wildman–Crippen LogP) is 3.80. The molecule has 0 bridgehead atoms. The number of anilines is 2. The summed E-state index contributed by atoms with van der Waals surface area (Å²) in [7, 11) is -1.95. The number of carboxylic acids is 6. The van der Waals surface area contributed by atoms with Gasteiger partial charge in [-0.3, -0.25) is 9.62 Å². The average molecular weight is 984 g/mol. The normalized spacial score (nSPS) is 16.6. The lowest BCUT2D eigenvalue weighted by Crippen LogP contribution is -2.49. The van der Waals surface area contributed by atoms with Gasteiger partial charge in [0.15, 0.2) is 0 Å². The topological polar surface area (TPSA) is 359 Å². The molecule has 2 fully saturated rings. The third-order valence-electron chi connectivity index (χ3n) is 10.3. The van der Waals surface area contributed by atoms with Crippen LogP contribution in [-0.4, -0.2) is 147 Å². The van der Waals surface area contributed by atoms with E-state index in [1.165, 1.54) is 24.5 Å². The number of likely N-dealkylation sites (N-methyl/N-ethyl adjacent to an activating group) is 1. The number of rotatable bonds is 12.